The van der Waals surface area contributed by atoms with Gasteiger partial charge in [-0.15, -0.1) is 0 Å². The van der Waals surface area contributed by atoms with E-state index in [0.29, 0.717) is 17.1 Å². The van der Waals surface area contributed by atoms with E-state index in [1.54, 1.807) is 30.3 Å². The van der Waals surface area contributed by atoms with Crippen molar-refractivity contribution in [1.82, 2.24) is 0 Å². The summed E-state index contributed by atoms with van der Waals surface area (Å²) in [6.07, 6.45) is -2.01. The first-order chi connectivity index (χ1) is 15.3. The molecule has 0 saturated carbocycles. The van der Waals surface area contributed by atoms with Crippen molar-refractivity contribution >= 4 is 17.7 Å². The fourth-order valence-electron chi connectivity index (χ4n) is 2.83. The number of benzene rings is 3. The average molecular weight is 445 g/mol. The number of carbonyl (C=O) groups excluding carboxylic acids is 1. The van der Waals surface area contributed by atoms with Gasteiger partial charge in [0.1, 0.15) is 12.4 Å². The van der Waals surface area contributed by atoms with Crippen molar-refractivity contribution in [2.75, 3.05) is 12.4 Å². The molecule has 1 amide bonds. The maximum Gasteiger partial charge on any atom is 0.418 e. The zero-order chi connectivity index (χ0) is 23.1. The topological polar surface area (TPSA) is 47.6 Å². The van der Waals surface area contributed by atoms with Gasteiger partial charge in [0.25, 0.3) is 0 Å². The number of amides is 1. The highest BCUT2D eigenvalue weighted by Crippen LogP contribution is 2.34. The molecule has 0 radical (unpaired) electrons. The van der Waals surface area contributed by atoms with Gasteiger partial charge < -0.3 is 14.8 Å². The molecule has 0 aliphatic heterocycles. The van der Waals surface area contributed by atoms with Gasteiger partial charge in [-0.3, -0.25) is 4.79 Å². The van der Waals surface area contributed by atoms with E-state index in [4.69, 9.17) is 9.47 Å². The summed E-state index contributed by atoms with van der Waals surface area (Å²) in [5, 5.41) is 2.24. The van der Waals surface area contributed by atoms with E-state index < -0.39 is 17.6 Å². The van der Waals surface area contributed by atoms with Crippen LogP contribution in [0, 0.1) is 5.82 Å². The first-order valence-electron chi connectivity index (χ1n) is 9.47. The summed E-state index contributed by atoms with van der Waals surface area (Å²) in [4.78, 5) is 12.1. The molecule has 0 aromatic heterocycles. The number of methoxy groups -OCH3 is 1. The number of anilines is 1. The van der Waals surface area contributed by atoms with E-state index in [0.717, 1.165) is 17.7 Å². The van der Waals surface area contributed by atoms with Crippen molar-refractivity contribution in [2.24, 2.45) is 0 Å². The molecule has 4 nitrogen and oxygen atoms in total. The number of carbonyl (C=O) groups is 1. The van der Waals surface area contributed by atoms with Crippen LogP contribution in [0.25, 0.3) is 6.08 Å². The zero-order valence-corrected chi connectivity index (χ0v) is 16.9. The van der Waals surface area contributed by atoms with Crippen LogP contribution in [0.1, 0.15) is 16.7 Å². The van der Waals surface area contributed by atoms with Crippen LogP contribution in [0.5, 0.6) is 11.5 Å². The lowest BCUT2D eigenvalue weighted by atomic mass is 10.1. The van der Waals surface area contributed by atoms with Gasteiger partial charge in [-0.2, -0.15) is 13.2 Å². The number of para-hydroxylation sites is 1. The van der Waals surface area contributed by atoms with Crippen LogP contribution in [0.4, 0.5) is 23.2 Å². The second kappa shape index (κ2) is 10.00. The summed E-state index contributed by atoms with van der Waals surface area (Å²) in [5.74, 6) is -0.208. The predicted octanol–water partition coefficient (Wildman–Crippen LogP) is 6.08. The Labute approximate surface area is 182 Å². The molecule has 32 heavy (non-hydrogen) atoms. The summed E-state index contributed by atoms with van der Waals surface area (Å²) < 4.78 is 63.1. The third kappa shape index (κ3) is 6.10. The molecule has 0 heterocycles. The van der Waals surface area contributed by atoms with Crippen LogP contribution in [0.15, 0.2) is 72.8 Å². The normalized spacial score (nSPS) is 11.4. The van der Waals surface area contributed by atoms with Crippen LogP contribution in [-0.2, 0) is 17.6 Å². The second-order valence-corrected chi connectivity index (χ2v) is 6.69. The quantitative estimate of drug-likeness (QED) is 0.354. The van der Waals surface area contributed by atoms with Gasteiger partial charge in [-0.1, -0.05) is 30.3 Å². The van der Waals surface area contributed by atoms with Crippen LogP contribution in [0.3, 0.4) is 0 Å². The Morgan fingerprint density at radius 2 is 1.72 bits per heavy atom. The lowest BCUT2D eigenvalue weighted by molar-refractivity contribution is -0.136. The molecule has 0 aliphatic rings. The lowest BCUT2D eigenvalue weighted by Gasteiger charge is -2.12. The fourth-order valence-corrected chi connectivity index (χ4v) is 2.83. The number of rotatable bonds is 7. The largest absolute Gasteiger partial charge is 0.493 e. The molecule has 166 valence electrons. The van der Waals surface area contributed by atoms with E-state index in [1.165, 1.54) is 43.5 Å². The summed E-state index contributed by atoms with van der Waals surface area (Å²) in [5.41, 5.74) is 0.103. The van der Waals surface area contributed by atoms with Crippen molar-refractivity contribution < 1.29 is 31.8 Å². The number of alkyl halides is 3. The Kier molecular flexibility index (Phi) is 7.14. The van der Waals surface area contributed by atoms with Gasteiger partial charge in [-0.05, 0) is 53.6 Å². The van der Waals surface area contributed by atoms with Crippen LogP contribution in [-0.4, -0.2) is 13.0 Å². The lowest BCUT2D eigenvalue weighted by Crippen LogP contribution is -2.14. The molecule has 0 aliphatic carbocycles. The van der Waals surface area contributed by atoms with Crippen molar-refractivity contribution in [3.05, 3.63) is 95.3 Å². The standard InChI is InChI=1S/C24H19F4NO3/c1-31-22-14-16(8-12-21(22)32-15-17-6-10-18(25)11-7-17)9-13-23(30)29-20-5-3-2-4-19(20)24(26,27)28/h2-14H,15H2,1H3,(H,29,30)/b13-9+. The summed E-state index contributed by atoms with van der Waals surface area (Å²) in [7, 11) is 1.45. The molecule has 8 heteroatoms. The molecular weight excluding hydrogens is 426 g/mol. The average Bonchev–Trinajstić information content (AvgIpc) is 2.77. The smallest absolute Gasteiger partial charge is 0.418 e. The second-order valence-electron chi connectivity index (χ2n) is 6.69. The number of ether oxygens (including phenoxy) is 2. The van der Waals surface area contributed by atoms with E-state index in [1.807, 2.05) is 0 Å². The highest BCUT2D eigenvalue weighted by molar-refractivity contribution is 6.02. The molecule has 0 fully saturated rings. The number of halogens is 4. The van der Waals surface area contributed by atoms with Crippen LogP contribution >= 0.6 is 0 Å². The highest BCUT2D eigenvalue weighted by atomic mass is 19.4. The molecule has 1 N–H and O–H groups in total. The van der Waals surface area contributed by atoms with Crippen molar-refractivity contribution in [3.63, 3.8) is 0 Å². The minimum absolute atomic E-state index is 0.201. The fraction of sp³-hybridized carbons (Fsp3) is 0.125. The third-order valence-electron chi connectivity index (χ3n) is 4.41. The highest BCUT2D eigenvalue weighted by Gasteiger charge is 2.33. The molecular formula is C24H19F4NO3. The Bertz CT molecular complexity index is 1110. The van der Waals surface area contributed by atoms with Gasteiger partial charge in [0.15, 0.2) is 11.5 Å². The van der Waals surface area contributed by atoms with Crippen molar-refractivity contribution in [1.29, 1.82) is 0 Å². The SMILES string of the molecule is COc1cc(/C=C/C(=O)Nc2ccccc2C(F)(F)F)ccc1OCc1ccc(F)cc1. The van der Waals surface area contributed by atoms with E-state index in [2.05, 4.69) is 5.32 Å². The Hall–Kier alpha value is -3.81. The van der Waals surface area contributed by atoms with Crippen molar-refractivity contribution in [2.45, 2.75) is 12.8 Å². The molecule has 3 aromatic rings. The summed E-state index contributed by atoms with van der Waals surface area (Å²) >= 11 is 0. The Balaban J connectivity index is 1.67. The summed E-state index contributed by atoms with van der Waals surface area (Å²) in [6.45, 7) is 0.201. The number of nitrogens with one attached hydrogen (secondary N) is 1. The van der Waals surface area contributed by atoms with Crippen molar-refractivity contribution in [3.8, 4) is 11.5 Å². The Morgan fingerprint density at radius 3 is 2.41 bits per heavy atom. The monoisotopic (exact) mass is 445 g/mol. The van der Waals surface area contributed by atoms with Gasteiger partial charge in [0.05, 0.1) is 18.4 Å². The zero-order valence-electron chi connectivity index (χ0n) is 16.9. The molecule has 3 aromatic carbocycles. The first-order valence-corrected chi connectivity index (χ1v) is 9.47. The van der Waals surface area contributed by atoms with Gasteiger partial charge >= 0.3 is 6.18 Å². The maximum absolute atomic E-state index is 13.0. The van der Waals surface area contributed by atoms with Crippen LogP contribution in [0.2, 0.25) is 0 Å². The van der Waals surface area contributed by atoms with Gasteiger partial charge in [0, 0.05) is 6.08 Å². The maximum atomic E-state index is 13.0. The first kappa shape index (κ1) is 22.9. The molecule has 0 unspecified atom stereocenters. The van der Waals surface area contributed by atoms with Crippen LogP contribution < -0.4 is 14.8 Å². The molecule has 0 spiro atoms. The molecule has 3 rings (SSSR count). The Morgan fingerprint density at radius 1 is 1.00 bits per heavy atom. The van der Waals surface area contributed by atoms with Gasteiger partial charge in [-0.25, -0.2) is 4.39 Å². The number of hydrogen-bond donors (Lipinski definition) is 1. The molecule has 0 saturated heterocycles. The van der Waals surface area contributed by atoms with E-state index in [-0.39, 0.29) is 18.1 Å². The third-order valence-corrected chi connectivity index (χ3v) is 4.41. The molecule has 0 atom stereocenters. The summed E-state index contributed by atoms with van der Waals surface area (Å²) in [6, 6.07) is 15.5. The van der Waals surface area contributed by atoms with E-state index in [9.17, 15) is 22.4 Å². The minimum Gasteiger partial charge on any atom is -0.493 e. The van der Waals surface area contributed by atoms with E-state index >= 15 is 0 Å². The van der Waals surface area contributed by atoms with Gasteiger partial charge in [0.2, 0.25) is 5.91 Å². The number of hydrogen-bond acceptors (Lipinski definition) is 3. The predicted molar refractivity (Wildman–Crippen MR) is 113 cm³/mol. The molecule has 0 bridgehead atoms. The minimum atomic E-state index is -4.58.